The molecule has 1 rings (SSSR count). The molecule has 1 aliphatic rings. The fourth-order valence-electron chi connectivity index (χ4n) is 1.35. The third-order valence-corrected chi connectivity index (χ3v) is 2.10. The number of carbonyl (C=O) groups excluding carboxylic acids is 1. The minimum Gasteiger partial charge on any atom is -0.353 e. The Labute approximate surface area is 79.3 Å². The molecule has 0 spiro atoms. The smallest absolute Gasteiger partial charge is 0.237 e. The number of rotatable bonds is 3. The van der Waals surface area contributed by atoms with E-state index in [-0.39, 0.29) is 17.5 Å². The Kier molecular flexibility index (Phi) is 3.27. The Hall–Kier alpha value is -0.610. The van der Waals surface area contributed by atoms with E-state index in [4.69, 9.17) is 5.73 Å². The number of hydrogen-bond donors (Lipinski definition) is 3. The molecule has 1 atom stereocenters. The summed E-state index contributed by atoms with van der Waals surface area (Å²) in [5, 5.41) is 5.98. The quantitative estimate of drug-likeness (QED) is 0.560. The van der Waals surface area contributed by atoms with Gasteiger partial charge in [-0.1, -0.05) is 0 Å². The molecule has 0 radical (unpaired) electrons. The van der Waals surface area contributed by atoms with Crippen LogP contribution in [0.4, 0.5) is 0 Å². The van der Waals surface area contributed by atoms with E-state index in [0.717, 1.165) is 19.4 Å². The molecule has 4 nitrogen and oxygen atoms in total. The average Bonchev–Trinajstić information content (AvgIpc) is 2.50. The average molecular weight is 185 g/mol. The molecule has 1 aliphatic heterocycles. The molecule has 1 amide bonds. The van der Waals surface area contributed by atoms with E-state index >= 15 is 0 Å². The second-order valence-corrected chi connectivity index (χ2v) is 4.36. The van der Waals surface area contributed by atoms with E-state index in [2.05, 4.69) is 10.6 Å². The van der Waals surface area contributed by atoms with Gasteiger partial charge in [0.15, 0.2) is 0 Å². The first-order chi connectivity index (χ1) is 5.99. The van der Waals surface area contributed by atoms with E-state index < -0.39 is 0 Å². The van der Waals surface area contributed by atoms with Crippen molar-refractivity contribution in [2.24, 2.45) is 5.73 Å². The zero-order valence-electron chi connectivity index (χ0n) is 8.39. The monoisotopic (exact) mass is 185 g/mol. The highest BCUT2D eigenvalue weighted by Gasteiger charge is 2.22. The van der Waals surface area contributed by atoms with Crippen LogP contribution in [0.2, 0.25) is 0 Å². The van der Waals surface area contributed by atoms with Crippen LogP contribution in [0.15, 0.2) is 0 Å². The van der Waals surface area contributed by atoms with E-state index in [0.29, 0.717) is 6.54 Å². The van der Waals surface area contributed by atoms with Gasteiger partial charge in [0.2, 0.25) is 5.91 Å². The van der Waals surface area contributed by atoms with Crippen molar-refractivity contribution in [2.75, 3.05) is 13.1 Å². The van der Waals surface area contributed by atoms with Crippen molar-refractivity contribution in [1.29, 1.82) is 0 Å². The Balaban J connectivity index is 2.25. The lowest BCUT2D eigenvalue weighted by Crippen LogP contribution is -2.49. The molecule has 1 saturated heterocycles. The molecule has 1 fully saturated rings. The summed E-state index contributed by atoms with van der Waals surface area (Å²) in [5.74, 6) is 0.0797. The van der Waals surface area contributed by atoms with Crippen LogP contribution in [0.5, 0.6) is 0 Å². The maximum Gasteiger partial charge on any atom is 0.237 e. The molecule has 76 valence electrons. The van der Waals surface area contributed by atoms with Gasteiger partial charge in [-0.15, -0.1) is 0 Å². The zero-order chi connectivity index (χ0) is 9.90. The summed E-state index contributed by atoms with van der Waals surface area (Å²) in [6.07, 6.45) is 2.03. The Bertz CT molecular complexity index is 180. The van der Waals surface area contributed by atoms with Gasteiger partial charge in [0.05, 0.1) is 6.04 Å². The van der Waals surface area contributed by atoms with E-state index in [1.54, 1.807) is 0 Å². The summed E-state index contributed by atoms with van der Waals surface area (Å²) in [4.78, 5) is 11.5. The topological polar surface area (TPSA) is 67.1 Å². The lowest BCUT2D eigenvalue weighted by Gasteiger charge is -2.20. The standard InChI is InChI=1S/C9H19N3O/c1-9(2,10)6-12-8(13)7-4-3-5-11-7/h7,11H,3-6,10H2,1-2H3,(H,12,13)/t7-/m0/s1. The molecule has 0 unspecified atom stereocenters. The molecule has 0 aliphatic carbocycles. The minimum atomic E-state index is -0.325. The van der Waals surface area contributed by atoms with Crippen LogP contribution >= 0.6 is 0 Å². The molecule has 0 aromatic heterocycles. The van der Waals surface area contributed by atoms with Crippen molar-refractivity contribution in [3.63, 3.8) is 0 Å². The molecule has 4 N–H and O–H groups in total. The van der Waals surface area contributed by atoms with Crippen LogP contribution in [-0.4, -0.2) is 30.6 Å². The normalized spacial score (nSPS) is 23.2. The van der Waals surface area contributed by atoms with Crippen LogP contribution in [0.25, 0.3) is 0 Å². The molecule has 0 saturated carbocycles. The second-order valence-electron chi connectivity index (χ2n) is 4.36. The van der Waals surface area contributed by atoms with E-state index in [1.165, 1.54) is 0 Å². The lowest BCUT2D eigenvalue weighted by molar-refractivity contribution is -0.123. The highest BCUT2D eigenvalue weighted by Crippen LogP contribution is 2.04. The first kappa shape index (κ1) is 10.5. The number of nitrogens with one attached hydrogen (secondary N) is 2. The molecule has 0 aromatic rings. The van der Waals surface area contributed by atoms with Crippen molar-refractivity contribution >= 4 is 5.91 Å². The number of nitrogens with two attached hydrogens (primary N) is 1. The van der Waals surface area contributed by atoms with Crippen LogP contribution in [0.1, 0.15) is 26.7 Å². The predicted octanol–water partition coefficient (Wildman–Crippen LogP) is -0.408. The number of hydrogen-bond acceptors (Lipinski definition) is 3. The summed E-state index contributed by atoms with van der Waals surface area (Å²) in [5.41, 5.74) is 5.42. The van der Waals surface area contributed by atoms with Gasteiger partial charge in [0.1, 0.15) is 0 Å². The van der Waals surface area contributed by atoms with Gasteiger partial charge in [0.25, 0.3) is 0 Å². The molecule has 4 heteroatoms. The van der Waals surface area contributed by atoms with Crippen LogP contribution in [-0.2, 0) is 4.79 Å². The van der Waals surface area contributed by atoms with E-state index in [1.807, 2.05) is 13.8 Å². The first-order valence-electron chi connectivity index (χ1n) is 4.79. The number of amides is 1. The summed E-state index contributed by atoms with van der Waals surface area (Å²) < 4.78 is 0. The van der Waals surface area contributed by atoms with Crippen LogP contribution in [0.3, 0.4) is 0 Å². The van der Waals surface area contributed by atoms with Gasteiger partial charge in [-0.2, -0.15) is 0 Å². The summed E-state index contributed by atoms with van der Waals surface area (Å²) in [6, 6.07) is 0.00218. The van der Waals surface area contributed by atoms with Crippen molar-refractivity contribution in [3.8, 4) is 0 Å². The van der Waals surface area contributed by atoms with Crippen molar-refractivity contribution < 1.29 is 4.79 Å². The highest BCUT2D eigenvalue weighted by atomic mass is 16.2. The Morgan fingerprint density at radius 3 is 2.85 bits per heavy atom. The fraction of sp³-hybridized carbons (Fsp3) is 0.889. The van der Waals surface area contributed by atoms with Gasteiger partial charge in [-0.05, 0) is 33.2 Å². The minimum absolute atomic E-state index is 0.00218. The second kappa shape index (κ2) is 4.07. The lowest BCUT2D eigenvalue weighted by atomic mass is 10.1. The molecule has 0 bridgehead atoms. The molecular formula is C9H19N3O. The fourth-order valence-corrected chi connectivity index (χ4v) is 1.35. The van der Waals surface area contributed by atoms with Crippen molar-refractivity contribution in [3.05, 3.63) is 0 Å². The highest BCUT2D eigenvalue weighted by molar-refractivity contribution is 5.82. The molecular weight excluding hydrogens is 166 g/mol. The van der Waals surface area contributed by atoms with Crippen LogP contribution in [0, 0.1) is 0 Å². The Morgan fingerprint density at radius 1 is 1.69 bits per heavy atom. The maximum absolute atomic E-state index is 11.5. The van der Waals surface area contributed by atoms with Crippen molar-refractivity contribution in [2.45, 2.75) is 38.3 Å². The van der Waals surface area contributed by atoms with Gasteiger partial charge < -0.3 is 16.4 Å². The zero-order valence-corrected chi connectivity index (χ0v) is 8.39. The van der Waals surface area contributed by atoms with Gasteiger partial charge in [-0.25, -0.2) is 0 Å². The third-order valence-electron chi connectivity index (χ3n) is 2.10. The number of carbonyl (C=O) groups is 1. The maximum atomic E-state index is 11.5. The van der Waals surface area contributed by atoms with Crippen molar-refractivity contribution in [1.82, 2.24) is 10.6 Å². The largest absolute Gasteiger partial charge is 0.353 e. The Morgan fingerprint density at radius 2 is 2.38 bits per heavy atom. The first-order valence-corrected chi connectivity index (χ1v) is 4.79. The third kappa shape index (κ3) is 3.74. The van der Waals surface area contributed by atoms with Gasteiger partial charge in [0, 0.05) is 12.1 Å². The summed E-state index contributed by atoms with van der Waals surface area (Å²) in [6.45, 7) is 5.28. The predicted molar refractivity (Wildman–Crippen MR) is 52.3 cm³/mol. The molecule has 0 aromatic carbocycles. The van der Waals surface area contributed by atoms with Gasteiger partial charge >= 0.3 is 0 Å². The van der Waals surface area contributed by atoms with E-state index in [9.17, 15) is 4.79 Å². The summed E-state index contributed by atoms with van der Waals surface area (Å²) >= 11 is 0. The van der Waals surface area contributed by atoms with Gasteiger partial charge in [-0.3, -0.25) is 4.79 Å². The van der Waals surface area contributed by atoms with Crippen LogP contribution < -0.4 is 16.4 Å². The molecule has 1 heterocycles. The summed E-state index contributed by atoms with van der Waals surface area (Å²) in [7, 11) is 0. The SMILES string of the molecule is CC(C)(N)CNC(=O)[C@@H]1CCCN1. The molecule has 13 heavy (non-hydrogen) atoms.